The highest BCUT2D eigenvalue weighted by Crippen LogP contribution is 2.11. The SMILES string of the molecule is OCC(O)COCC1CCCO1. The number of rotatable bonds is 5. The van der Waals surface area contributed by atoms with Crippen molar-refractivity contribution < 1.29 is 19.7 Å². The van der Waals surface area contributed by atoms with Crippen molar-refractivity contribution in [1.82, 2.24) is 0 Å². The summed E-state index contributed by atoms with van der Waals surface area (Å²) in [6.45, 7) is 1.29. The lowest BCUT2D eigenvalue weighted by atomic mass is 10.2. The molecule has 1 aliphatic rings. The lowest BCUT2D eigenvalue weighted by Crippen LogP contribution is -2.23. The van der Waals surface area contributed by atoms with Gasteiger partial charge in [0, 0.05) is 6.61 Å². The summed E-state index contributed by atoms with van der Waals surface area (Å²) >= 11 is 0. The molecule has 2 N–H and O–H groups in total. The van der Waals surface area contributed by atoms with E-state index in [0.29, 0.717) is 6.61 Å². The van der Waals surface area contributed by atoms with Crippen LogP contribution >= 0.6 is 0 Å². The fourth-order valence-corrected chi connectivity index (χ4v) is 1.16. The molecule has 1 aliphatic heterocycles. The van der Waals surface area contributed by atoms with Gasteiger partial charge in [0.1, 0.15) is 6.10 Å². The van der Waals surface area contributed by atoms with E-state index < -0.39 is 6.10 Å². The minimum atomic E-state index is -0.758. The van der Waals surface area contributed by atoms with Gasteiger partial charge in [0.15, 0.2) is 0 Å². The van der Waals surface area contributed by atoms with Crippen molar-refractivity contribution in [1.29, 1.82) is 0 Å². The molecule has 0 aliphatic carbocycles. The number of aliphatic hydroxyl groups is 2. The molecule has 1 heterocycles. The van der Waals surface area contributed by atoms with E-state index in [0.717, 1.165) is 19.4 Å². The van der Waals surface area contributed by atoms with E-state index in [1.54, 1.807) is 0 Å². The van der Waals surface area contributed by atoms with Crippen molar-refractivity contribution in [3.8, 4) is 0 Å². The standard InChI is InChI=1S/C8H16O4/c9-4-7(10)5-11-6-8-2-1-3-12-8/h7-10H,1-6H2. The Morgan fingerprint density at radius 1 is 1.58 bits per heavy atom. The zero-order chi connectivity index (χ0) is 8.81. The van der Waals surface area contributed by atoms with Crippen molar-refractivity contribution in [2.45, 2.75) is 25.0 Å². The van der Waals surface area contributed by atoms with E-state index in [1.165, 1.54) is 0 Å². The van der Waals surface area contributed by atoms with Crippen LogP contribution in [0.1, 0.15) is 12.8 Å². The van der Waals surface area contributed by atoms with Gasteiger partial charge >= 0.3 is 0 Å². The van der Waals surface area contributed by atoms with Crippen LogP contribution in [0.3, 0.4) is 0 Å². The van der Waals surface area contributed by atoms with Crippen LogP contribution in [0.15, 0.2) is 0 Å². The van der Waals surface area contributed by atoms with Crippen molar-refractivity contribution in [2.75, 3.05) is 26.4 Å². The highest BCUT2D eigenvalue weighted by Gasteiger charge is 2.15. The van der Waals surface area contributed by atoms with Crippen LogP contribution in [0.4, 0.5) is 0 Å². The Morgan fingerprint density at radius 3 is 3.00 bits per heavy atom. The Labute approximate surface area is 72.1 Å². The van der Waals surface area contributed by atoms with Gasteiger partial charge in [-0.15, -0.1) is 0 Å². The van der Waals surface area contributed by atoms with Crippen molar-refractivity contribution in [3.05, 3.63) is 0 Å². The first kappa shape index (κ1) is 9.92. The molecule has 4 heteroatoms. The summed E-state index contributed by atoms with van der Waals surface area (Å²) in [5, 5.41) is 17.4. The molecule has 1 saturated heterocycles. The van der Waals surface area contributed by atoms with E-state index in [9.17, 15) is 0 Å². The first-order valence-electron chi connectivity index (χ1n) is 4.31. The predicted octanol–water partition coefficient (Wildman–Crippen LogP) is -0.465. The zero-order valence-electron chi connectivity index (χ0n) is 7.11. The first-order chi connectivity index (χ1) is 5.83. The molecule has 0 amide bonds. The van der Waals surface area contributed by atoms with Crippen molar-refractivity contribution >= 4 is 0 Å². The van der Waals surface area contributed by atoms with E-state index >= 15 is 0 Å². The summed E-state index contributed by atoms with van der Waals surface area (Å²) in [5.74, 6) is 0. The summed E-state index contributed by atoms with van der Waals surface area (Å²) in [4.78, 5) is 0. The maximum atomic E-state index is 8.92. The van der Waals surface area contributed by atoms with Gasteiger partial charge in [-0.05, 0) is 12.8 Å². The second kappa shape index (κ2) is 5.48. The summed E-state index contributed by atoms with van der Waals surface area (Å²) in [7, 11) is 0. The normalized spacial score (nSPS) is 26.0. The maximum Gasteiger partial charge on any atom is 0.100 e. The molecule has 0 bridgehead atoms. The fraction of sp³-hybridized carbons (Fsp3) is 1.00. The van der Waals surface area contributed by atoms with Gasteiger partial charge in [0.2, 0.25) is 0 Å². The van der Waals surface area contributed by atoms with E-state index in [4.69, 9.17) is 19.7 Å². The van der Waals surface area contributed by atoms with Crippen LogP contribution in [-0.4, -0.2) is 48.8 Å². The number of hydrogen-bond donors (Lipinski definition) is 2. The molecule has 72 valence electrons. The van der Waals surface area contributed by atoms with Crippen LogP contribution in [0.25, 0.3) is 0 Å². The Morgan fingerprint density at radius 2 is 2.42 bits per heavy atom. The largest absolute Gasteiger partial charge is 0.394 e. The van der Waals surface area contributed by atoms with Gasteiger partial charge in [-0.25, -0.2) is 0 Å². The van der Waals surface area contributed by atoms with Gasteiger partial charge in [0.05, 0.1) is 25.9 Å². The molecule has 12 heavy (non-hydrogen) atoms. The molecule has 0 aromatic heterocycles. The lowest BCUT2D eigenvalue weighted by molar-refractivity contribution is -0.0307. The molecule has 2 unspecified atom stereocenters. The zero-order valence-corrected chi connectivity index (χ0v) is 7.11. The minimum absolute atomic E-state index is 0.191. The van der Waals surface area contributed by atoms with Gasteiger partial charge in [-0.2, -0.15) is 0 Å². The third kappa shape index (κ3) is 3.49. The molecule has 0 spiro atoms. The smallest absolute Gasteiger partial charge is 0.100 e. The Bertz CT molecular complexity index is 112. The molecule has 0 radical (unpaired) electrons. The van der Waals surface area contributed by atoms with Crippen LogP contribution < -0.4 is 0 Å². The van der Waals surface area contributed by atoms with Crippen LogP contribution in [0.5, 0.6) is 0 Å². The fourth-order valence-electron chi connectivity index (χ4n) is 1.16. The first-order valence-corrected chi connectivity index (χ1v) is 4.31. The molecular weight excluding hydrogens is 160 g/mol. The van der Waals surface area contributed by atoms with Crippen molar-refractivity contribution in [3.63, 3.8) is 0 Å². The van der Waals surface area contributed by atoms with E-state index in [-0.39, 0.29) is 19.3 Å². The highest BCUT2D eigenvalue weighted by atomic mass is 16.5. The number of hydrogen-bond acceptors (Lipinski definition) is 4. The molecule has 0 aromatic carbocycles. The Kier molecular flexibility index (Phi) is 4.53. The van der Waals surface area contributed by atoms with E-state index in [2.05, 4.69) is 0 Å². The molecular formula is C8H16O4. The number of ether oxygens (including phenoxy) is 2. The minimum Gasteiger partial charge on any atom is -0.394 e. The monoisotopic (exact) mass is 176 g/mol. The van der Waals surface area contributed by atoms with Gasteiger partial charge in [0.25, 0.3) is 0 Å². The quantitative estimate of drug-likeness (QED) is 0.595. The summed E-state index contributed by atoms with van der Waals surface area (Å²) in [5.41, 5.74) is 0. The Balaban J connectivity index is 1.94. The molecule has 0 aromatic rings. The van der Waals surface area contributed by atoms with Gasteiger partial charge < -0.3 is 19.7 Å². The van der Waals surface area contributed by atoms with Crippen LogP contribution in [0.2, 0.25) is 0 Å². The third-order valence-electron chi connectivity index (χ3n) is 1.85. The van der Waals surface area contributed by atoms with Crippen LogP contribution in [0, 0.1) is 0 Å². The van der Waals surface area contributed by atoms with Gasteiger partial charge in [-0.3, -0.25) is 0 Å². The highest BCUT2D eigenvalue weighted by molar-refractivity contribution is 4.63. The van der Waals surface area contributed by atoms with E-state index in [1.807, 2.05) is 0 Å². The molecule has 1 rings (SSSR count). The summed E-state index contributed by atoms with van der Waals surface area (Å²) in [6.07, 6.45) is 1.56. The third-order valence-corrected chi connectivity index (χ3v) is 1.85. The molecule has 1 fully saturated rings. The molecule has 0 saturated carbocycles. The molecule has 4 nitrogen and oxygen atoms in total. The number of aliphatic hydroxyl groups excluding tert-OH is 2. The van der Waals surface area contributed by atoms with Gasteiger partial charge in [-0.1, -0.05) is 0 Å². The molecule has 2 atom stereocenters. The average Bonchev–Trinajstić information content (AvgIpc) is 2.57. The average molecular weight is 176 g/mol. The topological polar surface area (TPSA) is 58.9 Å². The Hall–Kier alpha value is -0.160. The van der Waals surface area contributed by atoms with Crippen molar-refractivity contribution in [2.24, 2.45) is 0 Å². The predicted molar refractivity (Wildman–Crippen MR) is 42.9 cm³/mol. The second-order valence-corrected chi connectivity index (χ2v) is 3.01. The lowest BCUT2D eigenvalue weighted by Gasteiger charge is -2.11. The summed E-state index contributed by atoms with van der Waals surface area (Å²) < 4.78 is 10.4. The summed E-state index contributed by atoms with van der Waals surface area (Å²) in [6, 6.07) is 0. The van der Waals surface area contributed by atoms with Crippen LogP contribution in [-0.2, 0) is 9.47 Å². The second-order valence-electron chi connectivity index (χ2n) is 3.01. The maximum absolute atomic E-state index is 8.92.